The number of ether oxygens (including phenoxy) is 1. The molecule has 2 aromatic rings. The van der Waals surface area contributed by atoms with Crippen LogP contribution < -0.4 is 4.74 Å². The lowest BCUT2D eigenvalue weighted by atomic mass is 10.3. The van der Waals surface area contributed by atoms with E-state index in [4.69, 9.17) is 4.74 Å². The number of rotatable bonds is 6. The van der Waals surface area contributed by atoms with E-state index in [-0.39, 0.29) is 54.4 Å². The minimum absolute atomic E-state index is 0.167. The molecule has 0 N–H and O–H groups in total. The van der Waals surface area contributed by atoms with Crippen LogP contribution in [0.5, 0.6) is 5.88 Å². The third-order valence-electron chi connectivity index (χ3n) is 4.08. The molecule has 1 aliphatic rings. The summed E-state index contributed by atoms with van der Waals surface area (Å²) in [5.74, 6) is -0.470. The summed E-state index contributed by atoms with van der Waals surface area (Å²) in [5.41, 5.74) is -0.322. The Bertz CT molecular complexity index is 931. The van der Waals surface area contributed by atoms with E-state index in [0.29, 0.717) is 0 Å². The lowest BCUT2D eigenvalue weighted by molar-refractivity contribution is -0.385. The molecule has 1 amide bonds. The molecule has 11 nitrogen and oxygen atoms in total. The van der Waals surface area contributed by atoms with Gasteiger partial charge in [-0.25, -0.2) is 8.42 Å². The van der Waals surface area contributed by atoms with Crippen molar-refractivity contribution in [2.45, 2.75) is 10.8 Å². The molecule has 0 spiro atoms. The van der Waals surface area contributed by atoms with E-state index in [1.165, 1.54) is 16.3 Å². The van der Waals surface area contributed by atoms with Gasteiger partial charge in [0.2, 0.25) is 5.91 Å². The minimum Gasteiger partial charge on any atom is -0.475 e. The maximum absolute atomic E-state index is 12.5. The molecule has 1 saturated heterocycles. The zero-order chi connectivity index (χ0) is 19.6. The zero-order valence-electron chi connectivity index (χ0n) is 14.3. The molecule has 0 radical (unpaired) electrons. The Kier molecular flexibility index (Phi) is 5.43. The molecule has 3 heterocycles. The molecule has 2 aromatic heterocycles. The van der Waals surface area contributed by atoms with E-state index in [2.05, 4.69) is 5.10 Å². The van der Waals surface area contributed by atoms with Crippen molar-refractivity contribution < 1.29 is 22.9 Å². The van der Waals surface area contributed by atoms with Crippen molar-refractivity contribution >= 4 is 33.0 Å². The Labute approximate surface area is 158 Å². The van der Waals surface area contributed by atoms with Crippen LogP contribution >= 0.6 is 11.3 Å². The van der Waals surface area contributed by atoms with Gasteiger partial charge in [0, 0.05) is 26.2 Å². The number of amides is 1. The highest BCUT2D eigenvalue weighted by Crippen LogP contribution is 2.24. The maximum Gasteiger partial charge on any atom is 0.350 e. The van der Waals surface area contributed by atoms with Gasteiger partial charge < -0.3 is 9.64 Å². The Morgan fingerprint density at radius 1 is 1.37 bits per heavy atom. The van der Waals surface area contributed by atoms with Crippen LogP contribution in [-0.2, 0) is 21.4 Å². The Hall–Kier alpha value is -2.51. The van der Waals surface area contributed by atoms with Crippen LogP contribution in [0.2, 0.25) is 0 Å². The van der Waals surface area contributed by atoms with Crippen molar-refractivity contribution in [1.82, 2.24) is 19.0 Å². The topological polar surface area (TPSA) is 128 Å². The number of methoxy groups -OCH3 is 1. The van der Waals surface area contributed by atoms with Gasteiger partial charge in [-0.15, -0.1) is 16.4 Å². The first kappa shape index (κ1) is 19.3. The fraction of sp³-hybridized carbons (Fsp3) is 0.429. The molecule has 146 valence electrons. The Morgan fingerprint density at radius 3 is 2.59 bits per heavy atom. The van der Waals surface area contributed by atoms with Gasteiger partial charge in [0.15, 0.2) is 0 Å². The maximum atomic E-state index is 12.5. The summed E-state index contributed by atoms with van der Waals surface area (Å²) in [6.45, 7) is 0.666. The van der Waals surface area contributed by atoms with Gasteiger partial charge in [0.1, 0.15) is 17.0 Å². The minimum atomic E-state index is -3.54. The summed E-state index contributed by atoms with van der Waals surface area (Å²) in [4.78, 5) is 24.2. The molecule has 1 aliphatic heterocycles. The van der Waals surface area contributed by atoms with E-state index < -0.39 is 14.9 Å². The summed E-state index contributed by atoms with van der Waals surface area (Å²) in [6, 6.07) is 3.23. The molecule has 0 bridgehead atoms. The quantitative estimate of drug-likeness (QED) is 0.493. The third kappa shape index (κ3) is 3.94. The molecule has 13 heteroatoms. The smallest absolute Gasteiger partial charge is 0.350 e. The summed E-state index contributed by atoms with van der Waals surface area (Å²) in [5, 5.41) is 16.5. The standard InChI is InChI=1S/C14H17N5O6S2/c1-25-14-11(19(21)22)9-17(15-14)10-12(20)16-4-6-18(7-5-16)27(23,24)13-3-2-8-26-13/h2-3,8-9H,4-7,10H2,1H3. The highest BCUT2D eigenvalue weighted by molar-refractivity contribution is 7.91. The number of nitrogens with zero attached hydrogens (tertiary/aromatic N) is 5. The number of hydrogen-bond donors (Lipinski definition) is 0. The van der Waals surface area contributed by atoms with Crippen LogP contribution in [0, 0.1) is 10.1 Å². The van der Waals surface area contributed by atoms with Crippen molar-refractivity contribution in [2.75, 3.05) is 33.3 Å². The van der Waals surface area contributed by atoms with Gasteiger partial charge in [0.25, 0.3) is 10.0 Å². The second-order valence-electron chi connectivity index (χ2n) is 5.70. The van der Waals surface area contributed by atoms with Crippen molar-refractivity contribution in [3.63, 3.8) is 0 Å². The summed E-state index contributed by atoms with van der Waals surface area (Å²) in [6.07, 6.45) is 1.13. The van der Waals surface area contributed by atoms with Crippen molar-refractivity contribution in [1.29, 1.82) is 0 Å². The van der Waals surface area contributed by atoms with Crippen LogP contribution in [0.15, 0.2) is 27.9 Å². The summed E-state index contributed by atoms with van der Waals surface area (Å²) < 4.78 is 32.6. The molecule has 0 atom stereocenters. The molecule has 0 aliphatic carbocycles. The van der Waals surface area contributed by atoms with Crippen LogP contribution in [0.25, 0.3) is 0 Å². The van der Waals surface area contributed by atoms with Crippen molar-refractivity contribution in [3.05, 3.63) is 33.8 Å². The fourth-order valence-corrected chi connectivity index (χ4v) is 5.27. The van der Waals surface area contributed by atoms with Gasteiger partial charge in [-0.05, 0) is 11.4 Å². The van der Waals surface area contributed by atoms with E-state index in [1.54, 1.807) is 17.5 Å². The van der Waals surface area contributed by atoms with E-state index >= 15 is 0 Å². The first-order chi connectivity index (χ1) is 12.8. The van der Waals surface area contributed by atoms with Crippen LogP contribution in [0.3, 0.4) is 0 Å². The molecule has 0 saturated carbocycles. The zero-order valence-corrected chi connectivity index (χ0v) is 16.0. The van der Waals surface area contributed by atoms with Crippen LogP contribution in [0.1, 0.15) is 0 Å². The molecular weight excluding hydrogens is 398 g/mol. The molecular formula is C14H17N5O6S2. The molecule has 3 rings (SSSR count). The van der Waals surface area contributed by atoms with Gasteiger partial charge in [-0.1, -0.05) is 6.07 Å². The molecule has 0 unspecified atom stereocenters. The normalized spacial score (nSPS) is 15.7. The van der Waals surface area contributed by atoms with Crippen LogP contribution in [-0.4, -0.2) is 71.5 Å². The van der Waals surface area contributed by atoms with Crippen molar-refractivity contribution in [3.8, 4) is 5.88 Å². The average Bonchev–Trinajstić information content (AvgIpc) is 3.32. The molecule has 1 fully saturated rings. The number of hydrogen-bond acceptors (Lipinski definition) is 8. The fourth-order valence-electron chi connectivity index (χ4n) is 2.70. The second kappa shape index (κ2) is 7.62. The first-order valence-electron chi connectivity index (χ1n) is 7.90. The Balaban J connectivity index is 1.61. The van der Waals surface area contributed by atoms with Crippen molar-refractivity contribution in [2.24, 2.45) is 0 Å². The third-order valence-corrected chi connectivity index (χ3v) is 7.35. The van der Waals surface area contributed by atoms with Gasteiger partial charge >= 0.3 is 11.6 Å². The molecule has 0 aromatic carbocycles. The highest BCUT2D eigenvalue weighted by atomic mass is 32.2. The number of thiophene rings is 1. The lowest BCUT2D eigenvalue weighted by Crippen LogP contribution is -2.51. The number of aromatic nitrogens is 2. The Morgan fingerprint density at radius 2 is 2.07 bits per heavy atom. The van der Waals surface area contributed by atoms with Gasteiger partial charge in [-0.2, -0.15) is 4.31 Å². The highest BCUT2D eigenvalue weighted by Gasteiger charge is 2.31. The van der Waals surface area contributed by atoms with E-state index in [1.807, 2.05) is 0 Å². The summed E-state index contributed by atoms with van der Waals surface area (Å²) in [7, 11) is -2.28. The monoisotopic (exact) mass is 415 g/mol. The number of sulfonamides is 1. The largest absolute Gasteiger partial charge is 0.475 e. The lowest BCUT2D eigenvalue weighted by Gasteiger charge is -2.33. The number of piperazine rings is 1. The number of nitro groups is 1. The number of carbonyl (C=O) groups is 1. The summed E-state index contributed by atoms with van der Waals surface area (Å²) >= 11 is 1.15. The average molecular weight is 415 g/mol. The SMILES string of the molecule is COc1nn(CC(=O)N2CCN(S(=O)(=O)c3cccs3)CC2)cc1[N+](=O)[O-]. The predicted octanol–water partition coefficient (Wildman–Crippen LogP) is 0.395. The predicted molar refractivity (Wildman–Crippen MR) is 95.1 cm³/mol. The van der Waals surface area contributed by atoms with Gasteiger partial charge in [-0.3, -0.25) is 19.6 Å². The second-order valence-corrected chi connectivity index (χ2v) is 8.81. The number of carbonyl (C=O) groups excluding carboxylic acids is 1. The molecule has 27 heavy (non-hydrogen) atoms. The van der Waals surface area contributed by atoms with Gasteiger partial charge in [0.05, 0.1) is 12.0 Å². The van der Waals surface area contributed by atoms with E-state index in [0.717, 1.165) is 22.2 Å². The first-order valence-corrected chi connectivity index (χ1v) is 10.2. The van der Waals surface area contributed by atoms with Crippen LogP contribution in [0.4, 0.5) is 5.69 Å². The van der Waals surface area contributed by atoms with E-state index in [9.17, 15) is 23.3 Å².